The molecule has 0 bridgehead atoms. The first-order chi connectivity index (χ1) is 8.99. The molecule has 4 unspecified atom stereocenters. The van der Waals surface area contributed by atoms with E-state index in [0.717, 1.165) is 12.5 Å². The Morgan fingerprint density at radius 1 is 1.37 bits per heavy atom. The average Bonchev–Trinajstić information content (AvgIpc) is 2.38. The van der Waals surface area contributed by atoms with E-state index < -0.39 is 12.1 Å². The number of ether oxygens (including phenoxy) is 1. The van der Waals surface area contributed by atoms with E-state index in [4.69, 9.17) is 9.84 Å². The van der Waals surface area contributed by atoms with Gasteiger partial charge in [0.05, 0.1) is 6.61 Å². The van der Waals surface area contributed by atoms with Crippen LogP contribution in [-0.2, 0) is 9.53 Å². The van der Waals surface area contributed by atoms with Crippen LogP contribution in [0.15, 0.2) is 0 Å². The molecule has 1 heterocycles. The van der Waals surface area contributed by atoms with Crippen molar-refractivity contribution in [1.29, 1.82) is 0 Å². The number of aliphatic carboxylic acids is 1. The normalized spacial score (nSPS) is 37.5. The van der Waals surface area contributed by atoms with Crippen LogP contribution in [0.2, 0.25) is 0 Å². The van der Waals surface area contributed by atoms with Crippen molar-refractivity contribution in [3.63, 3.8) is 0 Å². The SMILES string of the molecule is CC1CCC(C(C)C)C(N2CCOC(C(=O)O)C2)C1. The lowest BCUT2D eigenvalue weighted by Gasteiger charge is -2.46. The molecule has 0 radical (unpaired) electrons. The van der Waals surface area contributed by atoms with Crippen molar-refractivity contribution in [2.45, 2.75) is 52.2 Å². The standard InChI is InChI=1S/C15H27NO3/c1-10(2)12-5-4-11(3)8-13(12)16-6-7-19-14(9-16)15(17)18/h10-14H,4-9H2,1-3H3,(H,17,18). The summed E-state index contributed by atoms with van der Waals surface area (Å²) in [6.07, 6.45) is 3.15. The zero-order valence-corrected chi connectivity index (χ0v) is 12.3. The largest absolute Gasteiger partial charge is 0.479 e. The number of carboxylic acids is 1. The molecule has 0 amide bonds. The Morgan fingerprint density at radius 3 is 2.74 bits per heavy atom. The van der Waals surface area contributed by atoms with Gasteiger partial charge >= 0.3 is 5.97 Å². The quantitative estimate of drug-likeness (QED) is 0.853. The van der Waals surface area contributed by atoms with E-state index in [0.29, 0.717) is 31.0 Å². The summed E-state index contributed by atoms with van der Waals surface area (Å²) in [5, 5.41) is 9.13. The number of carbonyl (C=O) groups is 1. The van der Waals surface area contributed by atoms with Gasteiger partial charge in [-0.1, -0.05) is 27.2 Å². The van der Waals surface area contributed by atoms with E-state index in [1.165, 1.54) is 19.3 Å². The molecule has 0 spiro atoms. The van der Waals surface area contributed by atoms with Crippen LogP contribution in [0.5, 0.6) is 0 Å². The molecule has 4 heteroatoms. The van der Waals surface area contributed by atoms with Gasteiger partial charge in [-0.05, 0) is 30.6 Å². The molecule has 19 heavy (non-hydrogen) atoms. The highest BCUT2D eigenvalue weighted by atomic mass is 16.5. The number of nitrogens with zero attached hydrogens (tertiary/aromatic N) is 1. The predicted molar refractivity (Wildman–Crippen MR) is 74.1 cm³/mol. The molecule has 0 aromatic carbocycles. The summed E-state index contributed by atoms with van der Waals surface area (Å²) in [6.45, 7) is 8.89. The summed E-state index contributed by atoms with van der Waals surface area (Å²) in [4.78, 5) is 13.5. The van der Waals surface area contributed by atoms with E-state index >= 15 is 0 Å². The lowest BCUT2D eigenvalue weighted by Crippen LogP contribution is -2.54. The molecule has 1 aliphatic heterocycles. The van der Waals surface area contributed by atoms with Crippen LogP contribution in [0.25, 0.3) is 0 Å². The van der Waals surface area contributed by atoms with Gasteiger partial charge in [0.2, 0.25) is 0 Å². The summed E-state index contributed by atoms with van der Waals surface area (Å²) in [7, 11) is 0. The number of rotatable bonds is 3. The molecule has 110 valence electrons. The van der Waals surface area contributed by atoms with Gasteiger partial charge in [0, 0.05) is 19.1 Å². The van der Waals surface area contributed by atoms with Crippen LogP contribution in [0.1, 0.15) is 40.0 Å². The molecule has 4 atom stereocenters. The molecule has 4 nitrogen and oxygen atoms in total. The van der Waals surface area contributed by atoms with Gasteiger partial charge in [0.1, 0.15) is 0 Å². The predicted octanol–water partition coefficient (Wildman–Crippen LogP) is 2.23. The molecule has 1 N–H and O–H groups in total. The Hall–Kier alpha value is -0.610. The third-order valence-electron chi connectivity index (χ3n) is 4.83. The second-order valence-corrected chi connectivity index (χ2v) is 6.59. The maximum Gasteiger partial charge on any atom is 0.334 e. The van der Waals surface area contributed by atoms with E-state index in [9.17, 15) is 4.79 Å². The van der Waals surface area contributed by atoms with Gasteiger partial charge < -0.3 is 9.84 Å². The molecular formula is C15H27NO3. The Labute approximate surface area is 116 Å². The van der Waals surface area contributed by atoms with Crippen LogP contribution in [-0.4, -0.2) is 47.8 Å². The second-order valence-electron chi connectivity index (χ2n) is 6.59. The van der Waals surface area contributed by atoms with Crippen molar-refractivity contribution in [2.24, 2.45) is 17.8 Å². The Bertz CT molecular complexity index is 319. The van der Waals surface area contributed by atoms with Gasteiger partial charge in [0.15, 0.2) is 6.10 Å². The smallest absolute Gasteiger partial charge is 0.334 e. The van der Waals surface area contributed by atoms with Crippen molar-refractivity contribution in [2.75, 3.05) is 19.7 Å². The Kier molecular flexibility index (Phi) is 4.85. The maximum absolute atomic E-state index is 11.1. The van der Waals surface area contributed by atoms with E-state index in [-0.39, 0.29) is 0 Å². The lowest BCUT2D eigenvalue weighted by atomic mass is 9.73. The lowest BCUT2D eigenvalue weighted by molar-refractivity contribution is -0.158. The molecule has 2 aliphatic rings. The Morgan fingerprint density at radius 2 is 2.11 bits per heavy atom. The first-order valence-corrected chi connectivity index (χ1v) is 7.57. The molecule has 2 fully saturated rings. The fraction of sp³-hybridized carbons (Fsp3) is 0.933. The monoisotopic (exact) mass is 269 g/mol. The number of hydrogen-bond donors (Lipinski definition) is 1. The topological polar surface area (TPSA) is 49.8 Å². The fourth-order valence-electron chi connectivity index (χ4n) is 3.69. The van der Waals surface area contributed by atoms with Crippen LogP contribution in [0, 0.1) is 17.8 Å². The first-order valence-electron chi connectivity index (χ1n) is 7.57. The summed E-state index contributed by atoms with van der Waals surface area (Å²) in [5.41, 5.74) is 0. The number of hydrogen-bond acceptors (Lipinski definition) is 3. The molecule has 0 aromatic rings. The van der Waals surface area contributed by atoms with Crippen molar-refractivity contribution in [3.8, 4) is 0 Å². The van der Waals surface area contributed by atoms with Crippen molar-refractivity contribution in [3.05, 3.63) is 0 Å². The average molecular weight is 269 g/mol. The van der Waals surface area contributed by atoms with Crippen LogP contribution >= 0.6 is 0 Å². The number of morpholine rings is 1. The first kappa shape index (κ1) is 14.8. The molecule has 0 aromatic heterocycles. The number of carboxylic acid groups (broad SMARTS) is 1. The van der Waals surface area contributed by atoms with E-state index in [1.54, 1.807) is 0 Å². The van der Waals surface area contributed by atoms with Crippen molar-refractivity contribution in [1.82, 2.24) is 4.90 Å². The minimum absolute atomic E-state index is 0.537. The third kappa shape index (κ3) is 3.48. The zero-order chi connectivity index (χ0) is 14.0. The highest BCUT2D eigenvalue weighted by Gasteiger charge is 2.38. The summed E-state index contributed by atoms with van der Waals surface area (Å²) >= 11 is 0. The minimum atomic E-state index is -0.824. The summed E-state index contributed by atoms with van der Waals surface area (Å²) < 4.78 is 5.34. The maximum atomic E-state index is 11.1. The fourth-order valence-corrected chi connectivity index (χ4v) is 3.69. The van der Waals surface area contributed by atoms with Crippen LogP contribution in [0.3, 0.4) is 0 Å². The van der Waals surface area contributed by atoms with Gasteiger partial charge in [-0.25, -0.2) is 4.79 Å². The Balaban J connectivity index is 2.05. The van der Waals surface area contributed by atoms with Gasteiger partial charge in [-0.2, -0.15) is 0 Å². The van der Waals surface area contributed by atoms with Crippen molar-refractivity contribution < 1.29 is 14.6 Å². The molecule has 1 saturated carbocycles. The van der Waals surface area contributed by atoms with Crippen molar-refractivity contribution >= 4 is 5.97 Å². The molecule has 1 aliphatic carbocycles. The second kappa shape index (κ2) is 6.23. The molecular weight excluding hydrogens is 242 g/mol. The minimum Gasteiger partial charge on any atom is -0.479 e. The van der Waals surface area contributed by atoms with Gasteiger partial charge in [-0.15, -0.1) is 0 Å². The third-order valence-corrected chi connectivity index (χ3v) is 4.83. The highest BCUT2D eigenvalue weighted by Crippen LogP contribution is 2.37. The molecule has 1 saturated heterocycles. The van der Waals surface area contributed by atoms with Crippen LogP contribution < -0.4 is 0 Å². The van der Waals surface area contributed by atoms with Gasteiger partial charge in [0.25, 0.3) is 0 Å². The summed E-state index contributed by atoms with van der Waals surface area (Å²) in [6, 6.07) is 0.537. The van der Waals surface area contributed by atoms with E-state index in [1.807, 2.05) is 0 Å². The summed E-state index contributed by atoms with van der Waals surface area (Å²) in [5.74, 6) is 1.30. The van der Waals surface area contributed by atoms with E-state index in [2.05, 4.69) is 25.7 Å². The van der Waals surface area contributed by atoms with Crippen LogP contribution in [0.4, 0.5) is 0 Å². The highest BCUT2D eigenvalue weighted by molar-refractivity contribution is 5.72. The zero-order valence-electron chi connectivity index (χ0n) is 12.3. The van der Waals surface area contributed by atoms with Gasteiger partial charge in [-0.3, -0.25) is 4.90 Å². The molecule has 2 rings (SSSR count).